The van der Waals surface area contributed by atoms with Crippen LogP contribution in [0.15, 0.2) is 71.6 Å². The number of allylic oxidation sites excluding steroid dienone is 3. The summed E-state index contributed by atoms with van der Waals surface area (Å²) in [7, 11) is 0. The van der Waals surface area contributed by atoms with Gasteiger partial charge in [0.2, 0.25) is 0 Å². The van der Waals surface area contributed by atoms with Crippen LogP contribution in [0, 0.1) is 24.8 Å². The Morgan fingerprint density at radius 3 is 2.69 bits per heavy atom. The lowest BCUT2D eigenvalue weighted by molar-refractivity contribution is 0.0356. The van der Waals surface area contributed by atoms with Crippen LogP contribution >= 0.6 is 0 Å². The van der Waals surface area contributed by atoms with Crippen molar-refractivity contribution in [3.63, 3.8) is 0 Å². The fourth-order valence-electron chi connectivity index (χ4n) is 4.36. The summed E-state index contributed by atoms with van der Waals surface area (Å²) in [4.78, 5) is 5.77. The molecule has 160 valence electrons. The number of fused-ring (bicyclic) bond motifs is 1. The number of hydrogen-bond donors (Lipinski definition) is 0. The van der Waals surface area contributed by atoms with Crippen molar-refractivity contribution in [1.29, 1.82) is 5.26 Å². The van der Waals surface area contributed by atoms with E-state index in [4.69, 9.17) is 11.3 Å². The second-order valence-corrected chi connectivity index (χ2v) is 8.99. The van der Waals surface area contributed by atoms with E-state index in [1.165, 1.54) is 22.5 Å². The maximum Gasteiger partial charge on any atom is 0.265 e. The lowest BCUT2D eigenvalue weighted by Gasteiger charge is -2.32. The lowest BCUT2D eigenvalue weighted by Crippen LogP contribution is -2.27. The quantitative estimate of drug-likeness (QED) is 0.401. The summed E-state index contributed by atoms with van der Waals surface area (Å²) in [6.45, 7) is 14.4. The van der Waals surface area contributed by atoms with Crippen LogP contribution in [0.25, 0.3) is 10.9 Å². The monoisotopic (exact) mass is 421 g/mol. The average molecular weight is 422 g/mol. The minimum absolute atomic E-state index is 0.136. The van der Waals surface area contributed by atoms with Crippen molar-refractivity contribution < 1.29 is 4.74 Å². The summed E-state index contributed by atoms with van der Waals surface area (Å²) in [5.74, 6) is 0.673. The van der Waals surface area contributed by atoms with Crippen molar-refractivity contribution in [2.45, 2.75) is 45.6 Å². The van der Waals surface area contributed by atoms with E-state index in [1.807, 2.05) is 38.1 Å². The standard InChI is InChI=1S/C28H27N3O/c1-20-7-11-24(12-8-20)31-15-5-6-22-16-21(10-14-27(22)31)9-13-25-17-23(26(19-29)30-4)18-28(2,3)32-25/h7-14,16-17H,5-6,15,18H2,1-3H3. The Labute approximate surface area is 190 Å². The van der Waals surface area contributed by atoms with Crippen molar-refractivity contribution in [3.05, 3.63) is 99.8 Å². The smallest absolute Gasteiger partial charge is 0.265 e. The van der Waals surface area contributed by atoms with E-state index in [9.17, 15) is 5.26 Å². The first-order valence-corrected chi connectivity index (χ1v) is 11.0. The third-order valence-corrected chi connectivity index (χ3v) is 5.86. The Balaban J connectivity index is 1.61. The lowest BCUT2D eigenvalue weighted by atomic mass is 9.93. The molecule has 0 unspecified atom stereocenters. The number of hydrogen-bond acceptors (Lipinski definition) is 3. The minimum atomic E-state index is -0.457. The maximum atomic E-state index is 9.26. The van der Waals surface area contributed by atoms with Crippen LogP contribution in [0.5, 0.6) is 0 Å². The molecule has 2 aliphatic heterocycles. The van der Waals surface area contributed by atoms with Gasteiger partial charge in [0.25, 0.3) is 5.70 Å². The molecule has 32 heavy (non-hydrogen) atoms. The SMILES string of the molecule is [C-]#[N+]C(C#N)=C1C=C(C=Cc2ccc3c(c2)CCCN3c2ccc(C)cc2)OC(C)(C)C1. The molecule has 0 N–H and O–H groups in total. The molecule has 4 heteroatoms. The molecular formula is C28H27N3O. The summed E-state index contributed by atoms with van der Waals surface area (Å²) in [5, 5.41) is 9.26. The molecule has 0 aromatic heterocycles. The zero-order chi connectivity index (χ0) is 22.7. The Kier molecular flexibility index (Phi) is 5.89. The summed E-state index contributed by atoms with van der Waals surface area (Å²) in [6, 6.07) is 17.3. The molecule has 2 heterocycles. The predicted octanol–water partition coefficient (Wildman–Crippen LogP) is 6.87. The number of anilines is 2. The molecule has 0 aliphatic carbocycles. The maximum absolute atomic E-state index is 9.26. The first-order valence-electron chi connectivity index (χ1n) is 11.0. The van der Waals surface area contributed by atoms with Crippen LogP contribution < -0.4 is 4.90 Å². The molecule has 0 amide bonds. The van der Waals surface area contributed by atoms with Gasteiger partial charge in [-0.25, -0.2) is 10.1 Å². The van der Waals surface area contributed by atoms with E-state index < -0.39 is 5.60 Å². The van der Waals surface area contributed by atoms with E-state index in [-0.39, 0.29) is 5.70 Å². The normalized spacial score (nSPS) is 18.8. The van der Waals surface area contributed by atoms with Crippen molar-refractivity contribution in [2.24, 2.45) is 0 Å². The predicted molar refractivity (Wildman–Crippen MR) is 129 cm³/mol. The third kappa shape index (κ3) is 4.61. The molecule has 4 nitrogen and oxygen atoms in total. The van der Waals surface area contributed by atoms with Gasteiger partial charge >= 0.3 is 0 Å². The summed E-state index contributed by atoms with van der Waals surface area (Å²) < 4.78 is 6.08. The molecule has 0 fully saturated rings. The van der Waals surface area contributed by atoms with Crippen LogP contribution in [-0.2, 0) is 11.2 Å². The van der Waals surface area contributed by atoms with E-state index in [0.717, 1.165) is 30.5 Å². The first-order chi connectivity index (χ1) is 15.4. The molecule has 4 rings (SSSR count). The minimum Gasteiger partial charge on any atom is -0.488 e. The van der Waals surface area contributed by atoms with Gasteiger partial charge in [0, 0.05) is 24.3 Å². The Bertz CT molecular complexity index is 1180. The van der Waals surface area contributed by atoms with Gasteiger partial charge in [0.1, 0.15) is 11.4 Å². The fourth-order valence-corrected chi connectivity index (χ4v) is 4.36. The molecule has 0 bridgehead atoms. The number of nitriles is 1. The number of rotatable bonds is 3. The van der Waals surface area contributed by atoms with E-state index in [1.54, 1.807) is 0 Å². The van der Waals surface area contributed by atoms with E-state index in [0.29, 0.717) is 12.2 Å². The van der Waals surface area contributed by atoms with Crippen LogP contribution in [0.3, 0.4) is 0 Å². The second kappa shape index (κ2) is 8.77. The van der Waals surface area contributed by atoms with Crippen molar-refractivity contribution in [3.8, 4) is 6.07 Å². The zero-order valence-corrected chi connectivity index (χ0v) is 18.9. The number of benzene rings is 2. The summed E-state index contributed by atoms with van der Waals surface area (Å²) >= 11 is 0. The highest BCUT2D eigenvalue weighted by molar-refractivity contribution is 5.70. The van der Waals surface area contributed by atoms with Gasteiger partial charge < -0.3 is 9.64 Å². The highest BCUT2D eigenvalue weighted by Crippen LogP contribution is 2.35. The second-order valence-electron chi connectivity index (χ2n) is 8.99. The van der Waals surface area contributed by atoms with Gasteiger partial charge in [0.15, 0.2) is 0 Å². The average Bonchev–Trinajstić information content (AvgIpc) is 2.77. The fraction of sp³-hybridized carbons (Fsp3) is 0.286. The molecule has 2 aromatic carbocycles. The number of aryl methyl sites for hydroxylation is 2. The molecule has 0 atom stereocenters. The van der Waals surface area contributed by atoms with Gasteiger partial charge in [-0.1, -0.05) is 29.8 Å². The molecule has 2 aliphatic rings. The number of nitrogens with zero attached hydrogens (tertiary/aromatic N) is 3. The van der Waals surface area contributed by atoms with Crippen LogP contribution in [0.2, 0.25) is 0 Å². The third-order valence-electron chi connectivity index (χ3n) is 5.86. The number of ether oxygens (including phenoxy) is 1. The van der Waals surface area contributed by atoms with Gasteiger partial charge in [-0.3, -0.25) is 0 Å². The van der Waals surface area contributed by atoms with Crippen molar-refractivity contribution in [2.75, 3.05) is 11.4 Å². The first kappa shape index (κ1) is 21.5. The Hall–Kier alpha value is -3.76. The zero-order valence-electron chi connectivity index (χ0n) is 18.9. The van der Waals surface area contributed by atoms with Crippen LogP contribution in [-0.4, -0.2) is 12.1 Å². The molecule has 2 aromatic rings. The largest absolute Gasteiger partial charge is 0.488 e. The molecule has 0 radical (unpaired) electrons. The molecule has 0 spiro atoms. The van der Waals surface area contributed by atoms with Gasteiger partial charge in [-0.15, -0.1) is 0 Å². The van der Waals surface area contributed by atoms with Crippen molar-refractivity contribution >= 4 is 17.5 Å². The van der Waals surface area contributed by atoms with E-state index in [2.05, 4.69) is 59.1 Å². The van der Waals surface area contributed by atoms with Crippen LogP contribution in [0.4, 0.5) is 11.4 Å². The van der Waals surface area contributed by atoms with Gasteiger partial charge in [-0.05, 0) is 86.7 Å². The highest BCUT2D eigenvalue weighted by Gasteiger charge is 2.27. The van der Waals surface area contributed by atoms with Gasteiger partial charge in [0.05, 0.1) is 12.6 Å². The Morgan fingerprint density at radius 1 is 1.19 bits per heavy atom. The topological polar surface area (TPSA) is 40.6 Å². The van der Waals surface area contributed by atoms with Gasteiger partial charge in [-0.2, -0.15) is 0 Å². The molecule has 0 saturated heterocycles. The molecular weight excluding hydrogens is 394 g/mol. The van der Waals surface area contributed by atoms with E-state index >= 15 is 0 Å². The molecule has 0 saturated carbocycles. The van der Waals surface area contributed by atoms with Crippen LogP contribution in [0.1, 0.15) is 43.4 Å². The summed E-state index contributed by atoms with van der Waals surface area (Å²) in [6.07, 6.45) is 8.52. The van der Waals surface area contributed by atoms with Crippen molar-refractivity contribution in [1.82, 2.24) is 0 Å². The Morgan fingerprint density at radius 2 is 1.97 bits per heavy atom. The highest BCUT2D eigenvalue weighted by atomic mass is 16.5. The summed E-state index contributed by atoms with van der Waals surface area (Å²) in [5.41, 5.74) is 6.64.